The first-order valence-corrected chi connectivity index (χ1v) is 11.9. The maximum absolute atomic E-state index is 12.8. The number of benzene rings is 2. The van der Waals surface area contributed by atoms with Gasteiger partial charge in [-0.3, -0.25) is 4.72 Å². The van der Waals surface area contributed by atoms with Crippen molar-refractivity contribution in [1.82, 2.24) is 15.1 Å². The second kappa shape index (κ2) is 9.00. The summed E-state index contributed by atoms with van der Waals surface area (Å²) in [4.78, 5) is 4.40. The highest BCUT2D eigenvalue weighted by molar-refractivity contribution is 7.92. The average Bonchev–Trinajstić information content (AvgIpc) is 2.76. The molecule has 0 amide bonds. The fraction of sp³-hybridized carbons (Fsp3) is 0.238. The minimum absolute atomic E-state index is 0.0156. The first kappa shape index (κ1) is 21.8. The Labute approximate surface area is 191 Å². The van der Waals surface area contributed by atoms with Gasteiger partial charge in [-0.15, -0.1) is 10.2 Å². The van der Waals surface area contributed by atoms with E-state index in [1.54, 1.807) is 18.2 Å². The van der Waals surface area contributed by atoms with Crippen molar-refractivity contribution in [2.45, 2.75) is 4.90 Å². The zero-order chi connectivity index (χ0) is 22.0. The minimum atomic E-state index is -3.90. The minimum Gasteiger partial charge on any atom is -0.353 e. The Morgan fingerprint density at radius 1 is 0.935 bits per heavy atom. The molecule has 10 heteroatoms. The molecule has 0 unspecified atom stereocenters. The molecule has 3 aromatic rings. The molecule has 1 aliphatic rings. The van der Waals surface area contributed by atoms with Gasteiger partial charge >= 0.3 is 0 Å². The molecule has 0 atom stereocenters. The molecular formula is C21H21Cl2N5O2S. The van der Waals surface area contributed by atoms with Gasteiger partial charge < -0.3 is 9.80 Å². The van der Waals surface area contributed by atoms with Crippen molar-refractivity contribution in [3.05, 3.63) is 64.6 Å². The number of anilines is 2. The maximum atomic E-state index is 12.8. The number of nitrogens with zero attached hydrogens (tertiary/aromatic N) is 4. The van der Waals surface area contributed by atoms with E-state index in [1.165, 1.54) is 18.2 Å². The van der Waals surface area contributed by atoms with Crippen LogP contribution in [0.3, 0.4) is 0 Å². The van der Waals surface area contributed by atoms with Crippen LogP contribution in [-0.2, 0) is 10.0 Å². The van der Waals surface area contributed by atoms with Crippen LogP contribution >= 0.6 is 23.2 Å². The highest BCUT2D eigenvalue weighted by Gasteiger charge is 2.20. The summed E-state index contributed by atoms with van der Waals surface area (Å²) in [6, 6.07) is 15.3. The fourth-order valence-electron chi connectivity index (χ4n) is 3.33. The zero-order valence-electron chi connectivity index (χ0n) is 16.8. The Morgan fingerprint density at radius 3 is 2.39 bits per heavy atom. The quantitative estimate of drug-likeness (QED) is 0.597. The molecule has 0 spiro atoms. The standard InChI is InChI=1S/C21H21Cl2N5O2S/c1-27-10-12-28(13-11-27)20-9-8-18(24-25-20)15-4-2-5-16(14-15)26-31(29,30)19-7-3-6-17(22)21(19)23/h2-9,14,26H,10-13H2,1H3. The Bertz CT molecular complexity index is 1180. The SMILES string of the molecule is CN1CCN(c2ccc(-c3cccc(NS(=O)(=O)c4cccc(Cl)c4Cl)c3)nn2)CC1. The van der Waals surface area contributed by atoms with Crippen LogP contribution < -0.4 is 9.62 Å². The van der Waals surface area contributed by atoms with Gasteiger partial charge in [-0.1, -0.05) is 41.4 Å². The van der Waals surface area contributed by atoms with Gasteiger partial charge in [0.1, 0.15) is 4.90 Å². The normalized spacial score (nSPS) is 15.1. The third kappa shape index (κ3) is 4.93. The Balaban J connectivity index is 1.54. The summed E-state index contributed by atoms with van der Waals surface area (Å²) in [6.45, 7) is 3.80. The number of hydrogen-bond acceptors (Lipinski definition) is 6. The first-order valence-electron chi connectivity index (χ1n) is 9.68. The summed E-state index contributed by atoms with van der Waals surface area (Å²) >= 11 is 12.0. The van der Waals surface area contributed by atoms with Crippen LogP contribution in [0, 0.1) is 0 Å². The van der Waals surface area contributed by atoms with Crippen LogP contribution in [0.4, 0.5) is 11.5 Å². The average molecular weight is 478 g/mol. The number of aromatic nitrogens is 2. The van der Waals surface area contributed by atoms with Crippen molar-refractivity contribution in [3.8, 4) is 11.3 Å². The van der Waals surface area contributed by atoms with E-state index in [2.05, 4.69) is 31.8 Å². The van der Waals surface area contributed by atoms with Crippen LogP contribution in [0.1, 0.15) is 0 Å². The van der Waals surface area contributed by atoms with Gasteiger partial charge in [0.05, 0.1) is 15.7 Å². The molecule has 1 N–H and O–H groups in total. The molecule has 1 aliphatic heterocycles. The van der Waals surface area contributed by atoms with Gasteiger partial charge in [-0.25, -0.2) is 8.42 Å². The highest BCUT2D eigenvalue weighted by Crippen LogP contribution is 2.31. The van der Waals surface area contributed by atoms with Gasteiger partial charge in [-0.2, -0.15) is 0 Å². The maximum Gasteiger partial charge on any atom is 0.263 e. The number of halogens is 2. The third-order valence-corrected chi connectivity index (χ3v) is 7.45. The van der Waals surface area contributed by atoms with Crippen molar-refractivity contribution >= 4 is 44.7 Å². The summed E-state index contributed by atoms with van der Waals surface area (Å²) in [5, 5.41) is 8.87. The number of likely N-dealkylation sites (N-methyl/N-ethyl adjacent to an activating group) is 1. The second-order valence-corrected chi connectivity index (χ2v) is 9.74. The molecule has 1 aromatic heterocycles. The lowest BCUT2D eigenvalue weighted by molar-refractivity contribution is 0.312. The molecule has 0 radical (unpaired) electrons. The van der Waals surface area contributed by atoms with Gasteiger partial charge in [0.25, 0.3) is 10.0 Å². The van der Waals surface area contributed by atoms with Gasteiger partial charge in [-0.05, 0) is 43.4 Å². The van der Waals surface area contributed by atoms with E-state index < -0.39 is 10.0 Å². The monoisotopic (exact) mass is 477 g/mol. The van der Waals surface area contributed by atoms with Gasteiger partial charge in [0.15, 0.2) is 5.82 Å². The first-order chi connectivity index (χ1) is 14.8. The number of nitrogens with one attached hydrogen (secondary N) is 1. The molecule has 7 nitrogen and oxygen atoms in total. The summed E-state index contributed by atoms with van der Waals surface area (Å²) in [5.41, 5.74) is 1.79. The highest BCUT2D eigenvalue weighted by atomic mass is 35.5. The third-order valence-electron chi connectivity index (χ3n) is 5.09. The molecule has 0 aliphatic carbocycles. The van der Waals surface area contributed by atoms with Crippen molar-refractivity contribution in [1.29, 1.82) is 0 Å². The lowest BCUT2D eigenvalue weighted by Gasteiger charge is -2.32. The number of rotatable bonds is 5. The van der Waals surface area contributed by atoms with Crippen LogP contribution in [0.25, 0.3) is 11.3 Å². The molecule has 162 valence electrons. The Morgan fingerprint density at radius 2 is 1.68 bits per heavy atom. The van der Waals surface area contributed by atoms with Crippen molar-refractivity contribution in [2.75, 3.05) is 42.8 Å². The Kier molecular flexibility index (Phi) is 6.34. The summed E-state index contributed by atoms with van der Waals surface area (Å²) in [5.74, 6) is 0.837. The topological polar surface area (TPSA) is 78.4 Å². The van der Waals surface area contributed by atoms with E-state index in [4.69, 9.17) is 23.2 Å². The van der Waals surface area contributed by atoms with E-state index in [1.807, 2.05) is 18.2 Å². The number of piperazine rings is 1. The lowest BCUT2D eigenvalue weighted by Crippen LogP contribution is -2.44. The van der Waals surface area contributed by atoms with Crippen LogP contribution in [0.2, 0.25) is 10.0 Å². The summed E-state index contributed by atoms with van der Waals surface area (Å²) in [6.07, 6.45) is 0. The van der Waals surface area contributed by atoms with E-state index in [0.29, 0.717) is 11.4 Å². The molecule has 0 bridgehead atoms. The fourth-order valence-corrected chi connectivity index (χ4v) is 5.14. The molecule has 1 saturated heterocycles. The largest absolute Gasteiger partial charge is 0.353 e. The van der Waals surface area contributed by atoms with Gasteiger partial charge in [0.2, 0.25) is 0 Å². The smallest absolute Gasteiger partial charge is 0.263 e. The van der Waals surface area contributed by atoms with E-state index in [-0.39, 0.29) is 14.9 Å². The van der Waals surface area contributed by atoms with Crippen molar-refractivity contribution in [3.63, 3.8) is 0 Å². The zero-order valence-corrected chi connectivity index (χ0v) is 19.1. The van der Waals surface area contributed by atoms with E-state index in [0.717, 1.165) is 37.6 Å². The molecular weight excluding hydrogens is 457 g/mol. The summed E-state index contributed by atoms with van der Waals surface area (Å²) < 4.78 is 28.1. The van der Waals surface area contributed by atoms with Crippen LogP contribution in [0.5, 0.6) is 0 Å². The lowest BCUT2D eigenvalue weighted by atomic mass is 10.1. The number of hydrogen-bond donors (Lipinski definition) is 1. The molecule has 4 rings (SSSR count). The Hall–Kier alpha value is -2.39. The molecule has 31 heavy (non-hydrogen) atoms. The van der Waals surface area contributed by atoms with Crippen LogP contribution in [0.15, 0.2) is 59.5 Å². The summed E-state index contributed by atoms with van der Waals surface area (Å²) in [7, 11) is -1.80. The molecule has 0 saturated carbocycles. The number of sulfonamides is 1. The predicted molar refractivity (Wildman–Crippen MR) is 124 cm³/mol. The van der Waals surface area contributed by atoms with E-state index in [9.17, 15) is 8.42 Å². The van der Waals surface area contributed by atoms with E-state index >= 15 is 0 Å². The van der Waals surface area contributed by atoms with Crippen molar-refractivity contribution in [2.24, 2.45) is 0 Å². The van der Waals surface area contributed by atoms with Crippen LogP contribution in [-0.4, -0.2) is 56.7 Å². The molecule has 1 fully saturated rings. The van der Waals surface area contributed by atoms with Crippen molar-refractivity contribution < 1.29 is 8.42 Å². The predicted octanol–water partition coefficient (Wildman–Crippen LogP) is 4.00. The molecule has 2 heterocycles. The second-order valence-electron chi connectivity index (χ2n) is 7.31. The van der Waals surface area contributed by atoms with Gasteiger partial charge in [0, 0.05) is 37.4 Å². The molecule has 2 aromatic carbocycles.